The van der Waals surface area contributed by atoms with Gasteiger partial charge in [-0.1, -0.05) is 0 Å². The summed E-state index contributed by atoms with van der Waals surface area (Å²) in [6.45, 7) is 0. The molecule has 0 bridgehead atoms. The average molecular weight is 111 g/mol. The molecule has 0 saturated carbocycles. The van der Waals surface area contributed by atoms with Crippen molar-refractivity contribution < 1.29 is 19.0 Å². The highest BCUT2D eigenvalue weighted by atomic mass is 31.2. The molecule has 2 N–H and O–H groups in total. The van der Waals surface area contributed by atoms with Crippen LogP contribution in [-0.2, 0) is 9.19 Å². The lowest BCUT2D eigenvalue weighted by Gasteiger charge is -2.24. The van der Waals surface area contributed by atoms with Crippen molar-refractivity contribution in [3.05, 3.63) is 0 Å². The van der Waals surface area contributed by atoms with Crippen LogP contribution in [0.5, 0.6) is 0 Å². The summed E-state index contributed by atoms with van der Waals surface area (Å²) in [5.74, 6) is 3.92. The first kappa shape index (κ1) is 6.07. The summed E-state index contributed by atoms with van der Waals surface area (Å²) in [4.78, 5) is 18.2. The molecule has 0 rings (SSSR count). The van der Waals surface area contributed by atoms with E-state index in [-0.39, 0.29) is 0 Å². The molecule has 0 aliphatic rings. The second-order valence-electron chi connectivity index (χ2n) is 0.553. The van der Waals surface area contributed by atoms with Gasteiger partial charge in [0.05, 0.1) is 7.82 Å². The minimum atomic E-state index is -4.87. The summed E-state index contributed by atoms with van der Waals surface area (Å²) in [6, 6.07) is 0. The van der Waals surface area contributed by atoms with Gasteiger partial charge in [0.2, 0.25) is 0 Å². The first-order valence-electron chi connectivity index (χ1n) is 0.966. The van der Waals surface area contributed by atoms with E-state index in [0.29, 0.717) is 0 Å². The molecular weight excluding hydrogens is 109 g/mol. The van der Waals surface area contributed by atoms with Gasteiger partial charge in [-0.25, -0.2) is 5.90 Å². The van der Waals surface area contributed by atoms with Crippen LogP contribution in [0.3, 0.4) is 0 Å². The van der Waals surface area contributed by atoms with Gasteiger partial charge in [-0.2, -0.15) is 0 Å². The van der Waals surface area contributed by atoms with Crippen LogP contribution in [0.25, 0.3) is 0 Å². The van der Waals surface area contributed by atoms with E-state index in [4.69, 9.17) is 14.4 Å². The maximum absolute atomic E-state index is 9.12. The van der Waals surface area contributed by atoms with Gasteiger partial charge in [-0.3, -0.25) is 4.62 Å². The number of phosphoric acid groups is 1. The van der Waals surface area contributed by atoms with Crippen molar-refractivity contribution in [3.63, 3.8) is 0 Å². The largest absolute Gasteiger partial charge is 0.788 e. The topological polar surface area (TPSA) is 98.4 Å². The Morgan fingerprint density at radius 2 is 1.83 bits per heavy atom. The number of rotatable bonds is 1. The molecule has 0 amide bonds. The SMILES string of the molecule is NOP(=O)([O-])[O-]. The molecule has 5 nitrogen and oxygen atoms in total. The van der Waals surface area contributed by atoms with Crippen molar-refractivity contribution in [2.75, 3.05) is 0 Å². The zero-order chi connectivity index (χ0) is 5.21. The molecule has 6 heavy (non-hydrogen) atoms. The predicted molar refractivity (Wildman–Crippen MR) is 12.9 cm³/mol. The first-order valence-corrected chi connectivity index (χ1v) is 2.43. The number of hydrogen-bond acceptors (Lipinski definition) is 5. The normalized spacial score (nSPS) is 11.8. The Morgan fingerprint density at radius 3 is 1.83 bits per heavy atom. The fraction of sp³-hybridized carbons (Fsp3) is 0. The summed E-state index contributed by atoms with van der Waals surface area (Å²) < 4.78 is 12.0. The number of hydrogen-bond donors (Lipinski definition) is 1. The third-order valence-corrected chi connectivity index (χ3v) is 0.387. The van der Waals surface area contributed by atoms with E-state index in [1.165, 1.54) is 0 Å². The molecule has 38 valence electrons. The van der Waals surface area contributed by atoms with Crippen LogP contribution in [0.2, 0.25) is 0 Å². The van der Waals surface area contributed by atoms with Gasteiger partial charge in [-0.05, 0) is 0 Å². The van der Waals surface area contributed by atoms with Crippen LogP contribution < -0.4 is 15.7 Å². The van der Waals surface area contributed by atoms with Gasteiger partial charge in [-0.15, -0.1) is 0 Å². The zero-order valence-electron chi connectivity index (χ0n) is 2.66. The highest BCUT2D eigenvalue weighted by Crippen LogP contribution is 2.19. The molecule has 0 unspecified atom stereocenters. The second-order valence-corrected chi connectivity index (χ2v) is 1.66. The van der Waals surface area contributed by atoms with E-state index in [1.54, 1.807) is 0 Å². The summed E-state index contributed by atoms with van der Waals surface area (Å²) in [6.07, 6.45) is 0. The Balaban J connectivity index is 3.48. The molecule has 0 saturated heterocycles. The van der Waals surface area contributed by atoms with Gasteiger partial charge in [0.25, 0.3) is 0 Å². The fourth-order valence-corrected chi connectivity index (χ4v) is 0. The zero-order valence-corrected chi connectivity index (χ0v) is 3.55. The quantitative estimate of drug-likeness (QED) is 0.303. The van der Waals surface area contributed by atoms with Gasteiger partial charge < -0.3 is 14.4 Å². The van der Waals surface area contributed by atoms with Crippen molar-refractivity contribution in [3.8, 4) is 0 Å². The summed E-state index contributed by atoms with van der Waals surface area (Å²) in [5, 5.41) is 0. The van der Waals surface area contributed by atoms with Crippen LogP contribution in [0.1, 0.15) is 0 Å². The molecule has 0 aromatic heterocycles. The molecule has 0 aliphatic carbocycles. The van der Waals surface area contributed by atoms with E-state index in [1.807, 2.05) is 0 Å². The van der Waals surface area contributed by atoms with Gasteiger partial charge in [0, 0.05) is 0 Å². The summed E-state index contributed by atoms with van der Waals surface area (Å²) >= 11 is 0. The molecule has 0 spiro atoms. The lowest BCUT2D eigenvalue weighted by atomic mass is 13.6. The Bertz CT molecular complexity index is 71.6. The minimum Gasteiger partial charge on any atom is -0.788 e. The van der Waals surface area contributed by atoms with Crippen LogP contribution in [0, 0.1) is 0 Å². The standard InChI is InChI=1S/H4NO4P/c1-5-6(2,3)4/h1H2,(H2,2,3,4)/p-2. The Kier molecular flexibility index (Phi) is 1.70. The molecule has 0 aromatic rings. The molecular formula is H2NO4P-2. The maximum Gasteiger partial charge on any atom is 0.0839 e. The first-order chi connectivity index (χ1) is 2.56. The highest BCUT2D eigenvalue weighted by Gasteiger charge is 1.76. The van der Waals surface area contributed by atoms with E-state index < -0.39 is 7.82 Å². The van der Waals surface area contributed by atoms with E-state index in [0.717, 1.165) is 0 Å². The Labute approximate surface area is 33.9 Å². The molecule has 0 aliphatic heterocycles. The Morgan fingerprint density at radius 1 is 1.67 bits per heavy atom. The molecule has 0 aromatic carbocycles. The fourth-order valence-electron chi connectivity index (χ4n) is 0. The summed E-state index contributed by atoms with van der Waals surface area (Å²) in [7, 11) is -4.87. The molecule has 6 heteroatoms. The summed E-state index contributed by atoms with van der Waals surface area (Å²) in [5.41, 5.74) is 0. The van der Waals surface area contributed by atoms with Gasteiger partial charge >= 0.3 is 0 Å². The van der Waals surface area contributed by atoms with E-state index >= 15 is 0 Å². The predicted octanol–water partition coefficient (Wildman–Crippen LogP) is -2.29. The van der Waals surface area contributed by atoms with Crippen molar-refractivity contribution in [2.24, 2.45) is 5.90 Å². The highest BCUT2D eigenvalue weighted by molar-refractivity contribution is 7.43. The lowest BCUT2D eigenvalue weighted by Crippen LogP contribution is -2.18. The van der Waals surface area contributed by atoms with Crippen LogP contribution in [-0.4, -0.2) is 0 Å². The second kappa shape index (κ2) is 1.68. The molecule has 0 atom stereocenters. The third-order valence-electron chi connectivity index (χ3n) is 0.129. The van der Waals surface area contributed by atoms with Gasteiger partial charge in [0.1, 0.15) is 0 Å². The van der Waals surface area contributed by atoms with Gasteiger partial charge in [0.15, 0.2) is 0 Å². The van der Waals surface area contributed by atoms with Crippen LogP contribution in [0.15, 0.2) is 0 Å². The maximum atomic E-state index is 9.12. The van der Waals surface area contributed by atoms with Crippen molar-refractivity contribution in [1.82, 2.24) is 0 Å². The molecule has 0 heterocycles. The molecule has 0 radical (unpaired) electrons. The van der Waals surface area contributed by atoms with Crippen molar-refractivity contribution >= 4 is 7.82 Å². The molecule has 0 fully saturated rings. The third kappa shape index (κ3) is 4.07. The van der Waals surface area contributed by atoms with Crippen LogP contribution >= 0.6 is 7.82 Å². The average Bonchev–Trinajstić information content (AvgIpc) is 1.35. The lowest BCUT2D eigenvalue weighted by molar-refractivity contribution is -0.342. The van der Waals surface area contributed by atoms with Crippen molar-refractivity contribution in [2.45, 2.75) is 0 Å². The van der Waals surface area contributed by atoms with Crippen molar-refractivity contribution in [1.29, 1.82) is 0 Å². The minimum absolute atomic E-state index is 2.88. The van der Waals surface area contributed by atoms with E-state index in [2.05, 4.69) is 10.5 Å². The van der Waals surface area contributed by atoms with Crippen LogP contribution in [0.4, 0.5) is 0 Å². The monoisotopic (exact) mass is 111 g/mol. The Hall–Kier alpha value is 0.0700. The number of nitrogens with two attached hydrogens (primary N) is 1. The van der Waals surface area contributed by atoms with E-state index in [9.17, 15) is 0 Å². The smallest absolute Gasteiger partial charge is 0.0839 e.